The normalized spacial score (nSPS) is 21.8. The second-order valence-corrected chi connectivity index (χ2v) is 7.95. The van der Waals surface area contributed by atoms with Gasteiger partial charge in [-0.2, -0.15) is 0 Å². The zero-order valence-corrected chi connectivity index (χ0v) is 16.7. The fourth-order valence-electron chi connectivity index (χ4n) is 3.36. The van der Waals surface area contributed by atoms with E-state index in [0.29, 0.717) is 23.0 Å². The summed E-state index contributed by atoms with van der Waals surface area (Å²) < 4.78 is 10.6. The number of hydrogen-bond donors (Lipinski definition) is 2. The number of nitrogens with zero attached hydrogens (tertiary/aromatic N) is 1. The van der Waals surface area contributed by atoms with Gasteiger partial charge in [-0.3, -0.25) is 14.5 Å². The van der Waals surface area contributed by atoms with Gasteiger partial charge in [0.05, 0.1) is 0 Å². The van der Waals surface area contributed by atoms with Gasteiger partial charge in [-0.15, -0.1) is 0 Å². The Morgan fingerprint density at radius 3 is 2.64 bits per heavy atom. The molecule has 2 aliphatic rings. The van der Waals surface area contributed by atoms with Crippen molar-refractivity contribution in [3.63, 3.8) is 0 Å². The molecule has 3 rings (SSSR count). The van der Waals surface area contributed by atoms with Crippen LogP contribution in [0, 0.1) is 5.92 Å². The van der Waals surface area contributed by atoms with Gasteiger partial charge in [0.2, 0.25) is 12.7 Å². The summed E-state index contributed by atoms with van der Waals surface area (Å²) in [5, 5.41) is 5.55. The maximum atomic E-state index is 13.0. The molecule has 0 aromatic heterocycles. The Morgan fingerprint density at radius 1 is 1.21 bits per heavy atom. The molecule has 0 radical (unpaired) electrons. The number of imide groups is 1. The number of ether oxygens (including phenoxy) is 2. The molecule has 1 aromatic carbocycles. The smallest absolute Gasteiger partial charge is 0.325 e. The van der Waals surface area contributed by atoms with Gasteiger partial charge in [0.15, 0.2) is 11.5 Å². The van der Waals surface area contributed by atoms with Crippen molar-refractivity contribution in [3.05, 3.63) is 23.8 Å². The summed E-state index contributed by atoms with van der Waals surface area (Å²) in [6.45, 7) is 7.60. The molecule has 8 heteroatoms. The molecule has 0 bridgehead atoms. The van der Waals surface area contributed by atoms with Crippen molar-refractivity contribution in [1.29, 1.82) is 0 Å². The van der Waals surface area contributed by atoms with E-state index in [4.69, 9.17) is 9.47 Å². The molecule has 0 aliphatic carbocycles. The lowest BCUT2D eigenvalue weighted by atomic mass is 9.91. The quantitative estimate of drug-likeness (QED) is 0.697. The van der Waals surface area contributed by atoms with Gasteiger partial charge in [-0.1, -0.05) is 19.9 Å². The zero-order chi connectivity index (χ0) is 20.5. The Kier molecular flexibility index (Phi) is 5.49. The van der Waals surface area contributed by atoms with Gasteiger partial charge in [-0.25, -0.2) is 4.79 Å². The second kappa shape index (κ2) is 7.69. The summed E-state index contributed by atoms with van der Waals surface area (Å²) in [6, 6.07) is 4.49. The van der Waals surface area contributed by atoms with Crippen LogP contribution in [0.4, 0.5) is 4.79 Å². The molecule has 0 unspecified atom stereocenters. The van der Waals surface area contributed by atoms with Crippen molar-refractivity contribution in [2.75, 3.05) is 13.3 Å². The molecule has 1 aromatic rings. The summed E-state index contributed by atoms with van der Waals surface area (Å²) >= 11 is 0. The molecule has 2 atom stereocenters. The minimum atomic E-state index is -1.26. The first-order valence-corrected chi connectivity index (χ1v) is 9.54. The van der Waals surface area contributed by atoms with E-state index in [-0.39, 0.29) is 25.3 Å². The molecule has 4 amide bonds. The van der Waals surface area contributed by atoms with E-state index in [9.17, 15) is 14.4 Å². The van der Waals surface area contributed by atoms with E-state index in [1.54, 1.807) is 25.1 Å². The number of fused-ring (bicyclic) bond motifs is 1. The van der Waals surface area contributed by atoms with Crippen LogP contribution in [0.5, 0.6) is 11.5 Å². The molecule has 28 heavy (non-hydrogen) atoms. The van der Waals surface area contributed by atoms with Gasteiger partial charge in [0.25, 0.3) is 5.91 Å². The summed E-state index contributed by atoms with van der Waals surface area (Å²) in [7, 11) is 0. The maximum absolute atomic E-state index is 13.0. The van der Waals surface area contributed by atoms with E-state index >= 15 is 0 Å². The topological polar surface area (TPSA) is 97.0 Å². The highest BCUT2D eigenvalue weighted by Crippen LogP contribution is 2.37. The Hall–Kier alpha value is -2.77. The van der Waals surface area contributed by atoms with Gasteiger partial charge in [0, 0.05) is 6.04 Å². The Balaban J connectivity index is 1.67. The molecule has 2 heterocycles. The first-order valence-electron chi connectivity index (χ1n) is 9.54. The van der Waals surface area contributed by atoms with Crippen LogP contribution in [-0.2, 0) is 15.1 Å². The number of benzene rings is 1. The Morgan fingerprint density at radius 2 is 1.93 bits per heavy atom. The summed E-state index contributed by atoms with van der Waals surface area (Å²) in [5.74, 6) is 0.843. The molecule has 0 saturated carbocycles. The number of amides is 4. The first-order chi connectivity index (χ1) is 13.2. The first kappa shape index (κ1) is 20.0. The third-order valence-electron chi connectivity index (χ3n) is 5.11. The average Bonchev–Trinajstić information content (AvgIpc) is 3.18. The monoisotopic (exact) mass is 389 g/mol. The van der Waals surface area contributed by atoms with Crippen molar-refractivity contribution in [2.24, 2.45) is 5.92 Å². The number of carbonyl (C=O) groups is 3. The number of urea groups is 1. The minimum Gasteiger partial charge on any atom is -0.454 e. The van der Waals surface area contributed by atoms with Crippen LogP contribution in [0.15, 0.2) is 18.2 Å². The van der Waals surface area contributed by atoms with Crippen LogP contribution in [0.3, 0.4) is 0 Å². The summed E-state index contributed by atoms with van der Waals surface area (Å²) in [6.07, 6.45) is 1.84. The van der Waals surface area contributed by atoms with Crippen LogP contribution in [0.2, 0.25) is 0 Å². The van der Waals surface area contributed by atoms with Crippen LogP contribution in [-0.4, -0.2) is 42.1 Å². The van der Waals surface area contributed by atoms with Gasteiger partial charge in [0.1, 0.15) is 12.1 Å². The highest BCUT2D eigenvalue weighted by molar-refractivity contribution is 6.09. The lowest BCUT2D eigenvalue weighted by Crippen LogP contribution is -2.45. The predicted molar refractivity (Wildman–Crippen MR) is 102 cm³/mol. The Bertz CT molecular complexity index is 794. The van der Waals surface area contributed by atoms with Crippen molar-refractivity contribution in [3.8, 4) is 11.5 Å². The predicted octanol–water partition coefficient (Wildman–Crippen LogP) is 2.12. The number of carbonyl (C=O) groups excluding carboxylic acids is 3. The minimum absolute atomic E-state index is 0.0177. The molecule has 2 N–H and O–H groups in total. The molecule has 152 valence electrons. The van der Waals surface area contributed by atoms with Crippen molar-refractivity contribution < 1.29 is 23.9 Å². The summed E-state index contributed by atoms with van der Waals surface area (Å²) in [4.78, 5) is 38.6. The van der Waals surface area contributed by atoms with Crippen LogP contribution >= 0.6 is 0 Å². The van der Waals surface area contributed by atoms with Crippen LogP contribution < -0.4 is 20.1 Å². The van der Waals surface area contributed by atoms with E-state index in [1.165, 1.54) is 0 Å². The molecule has 1 fully saturated rings. The molecule has 1 saturated heterocycles. The van der Waals surface area contributed by atoms with E-state index in [1.807, 2.05) is 6.92 Å². The van der Waals surface area contributed by atoms with Crippen molar-refractivity contribution in [1.82, 2.24) is 15.5 Å². The van der Waals surface area contributed by atoms with E-state index < -0.39 is 17.5 Å². The van der Waals surface area contributed by atoms with E-state index in [0.717, 1.165) is 17.7 Å². The lowest BCUT2D eigenvalue weighted by Gasteiger charge is -2.22. The number of rotatable bonds is 7. The molecular formula is C20H27N3O5. The molecule has 2 aliphatic heterocycles. The van der Waals surface area contributed by atoms with Gasteiger partial charge >= 0.3 is 6.03 Å². The van der Waals surface area contributed by atoms with Gasteiger partial charge in [-0.05, 0) is 50.3 Å². The number of nitrogens with one attached hydrogen (secondary N) is 2. The maximum Gasteiger partial charge on any atom is 0.325 e. The number of hydrogen-bond acceptors (Lipinski definition) is 5. The molecule has 0 spiro atoms. The third-order valence-corrected chi connectivity index (χ3v) is 5.11. The van der Waals surface area contributed by atoms with Crippen LogP contribution in [0.25, 0.3) is 0 Å². The highest BCUT2D eigenvalue weighted by atomic mass is 16.7. The van der Waals surface area contributed by atoms with Crippen molar-refractivity contribution in [2.45, 2.75) is 52.1 Å². The largest absolute Gasteiger partial charge is 0.454 e. The lowest BCUT2D eigenvalue weighted by molar-refractivity contribution is -0.135. The van der Waals surface area contributed by atoms with Gasteiger partial charge < -0.3 is 20.1 Å². The Labute approximate surface area is 164 Å². The third kappa shape index (κ3) is 3.90. The molecule has 8 nitrogen and oxygen atoms in total. The molecular weight excluding hydrogens is 362 g/mol. The van der Waals surface area contributed by atoms with E-state index in [2.05, 4.69) is 24.5 Å². The average molecular weight is 389 g/mol. The summed E-state index contributed by atoms with van der Waals surface area (Å²) in [5.41, 5.74) is -0.690. The fourth-order valence-corrected chi connectivity index (χ4v) is 3.36. The SMILES string of the molecule is CC(C)CC[C@H](C)NC(=O)CN1C(=O)N[C@@](C)(c2ccc3c(c2)OCO3)C1=O. The second-order valence-electron chi connectivity index (χ2n) is 7.95. The van der Waals surface area contributed by atoms with Crippen molar-refractivity contribution >= 4 is 17.8 Å². The fraction of sp³-hybridized carbons (Fsp3) is 0.550. The standard InChI is InChI=1S/C20H27N3O5/c1-12(2)5-6-13(3)21-17(24)10-23-18(25)20(4,22-19(23)26)14-7-8-15-16(9-14)28-11-27-15/h7-9,12-13H,5-6,10-11H2,1-4H3,(H,21,24)(H,22,26)/t13-,20-/m0/s1. The highest BCUT2D eigenvalue weighted by Gasteiger charge is 2.49. The zero-order valence-electron chi connectivity index (χ0n) is 16.7. The van der Waals surface area contributed by atoms with Crippen LogP contribution in [0.1, 0.15) is 46.1 Å².